The number of amides is 2. The van der Waals surface area contributed by atoms with Crippen LogP contribution >= 0.6 is 0 Å². The molecule has 0 aromatic rings. The molecule has 2 rings (SSSR count). The van der Waals surface area contributed by atoms with Gasteiger partial charge in [-0.05, 0) is 25.8 Å². The van der Waals surface area contributed by atoms with Crippen molar-refractivity contribution in [3.8, 4) is 0 Å². The number of nitrogens with zero attached hydrogens (tertiary/aromatic N) is 2. The highest BCUT2D eigenvalue weighted by molar-refractivity contribution is 6.68. The van der Waals surface area contributed by atoms with Gasteiger partial charge in [-0.1, -0.05) is 12.8 Å². The van der Waals surface area contributed by atoms with Gasteiger partial charge in [-0.3, -0.25) is 0 Å². The molecule has 0 saturated carbocycles. The quantitative estimate of drug-likeness (QED) is 0.745. The maximum Gasteiger partial charge on any atom is 0.357 e. The highest BCUT2D eigenvalue weighted by Crippen LogP contribution is 2.29. The summed E-state index contributed by atoms with van der Waals surface area (Å²) < 4.78 is 11.2. The van der Waals surface area contributed by atoms with E-state index in [1.807, 2.05) is 16.3 Å². The van der Waals surface area contributed by atoms with Gasteiger partial charge < -0.3 is 18.7 Å². The summed E-state index contributed by atoms with van der Waals surface area (Å²) in [5.41, 5.74) is 0.165. The molecule has 2 heterocycles. The third kappa shape index (κ3) is 2.95. The highest BCUT2D eigenvalue weighted by atomic mass is 28.4. The van der Waals surface area contributed by atoms with Crippen molar-refractivity contribution < 1.29 is 13.6 Å². The maximum absolute atomic E-state index is 12.6. The molecule has 110 valence electrons. The fourth-order valence-corrected chi connectivity index (χ4v) is 5.13. The monoisotopic (exact) mass is 286 g/mol. The van der Waals surface area contributed by atoms with Gasteiger partial charge in [0.05, 0.1) is 5.67 Å². The third-order valence-electron chi connectivity index (χ3n) is 4.56. The average molecular weight is 286 g/mol. The lowest BCUT2D eigenvalue weighted by Crippen LogP contribution is -2.68. The minimum absolute atomic E-state index is 0.165. The number of rotatable bonds is 3. The Morgan fingerprint density at radius 3 is 2.05 bits per heavy atom. The lowest BCUT2D eigenvalue weighted by molar-refractivity contribution is 0.0854. The lowest BCUT2D eigenvalue weighted by atomic mass is 10.2. The van der Waals surface area contributed by atoms with Crippen LogP contribution in [0.1, 0.15) is 32.1 Å². The van der Waals surface area contributed by atoms with Crippen molar-refractivity contribution in [2.24, 2.45) is 0 Å². The normalized spacial score (nSPS) is 24.9. The predicted molar refractivity (Wildman–Crippen MR) is 76.2 cm³/mol. The fourth-order valence-electron chi connectivity index (χ4n) is 2.96. The van der Waals surface area contributed by atoms with E-state index in [0.29, 0.717) is 0 Å². The molecule has 2 amide bonds. The Morgan fingerprint density at radius 2 is 1.63 bits per heavy atom. The zero-order chi connectivity index (χ0) is 13.9. The second-order valence-corrected chi connectivity index (χ2v) is 9.12. The number of hydrogen-bond acceptors (Lipinski definition) is 3. The largest absolute Gasteiger partial charge is 0.397 e. The van der Waals surface area contributed by atoms with Crippen molar-refractivity contribution in [3.05, 3.63) is 0 Å². The van der Waals surface area contributed by atoms with E-state index in [9.17, 15) is 4.79 Å². The lowest BCUT2D eigenvalue weighted by Gasteiger charge is -2.48. The van der Waals surface area contributed by atoms with Gasteiger partial charge in [0.15, 0.2) is 0 Å². The van der Waals surface area contributed by atoms with Crippen molar-refractivity contribution >= 4 is 14.6 Å². The second-order valence-electron chi connectivity index (χ2n) is 5.61. The number of hydrogen-bond donors (Lipinski definition) is 0. The number of urea groups is 1. The van der Waals surface area contributed by atoms with Crippen molar-refractivity contribution in [1.29, 1.82) is 0 Å². The van der Waals surface area contributed by atoms with Gasteiger partial charge >= 0.3 is 14.6 Å². The van der Waals surface area contributed by atoms with Crippen LogP contribution in [-0.4, -0.2) is 63.9 Å². The Labute approximate surface area is 117 Å². The van der Waals surface area contributed by atoms with E-state index in [4.69, 9.17) is 8.85 Å². The zero-order valence-electron chi connectivity index (χ0n) is 12.4. The molecule has 0 aliphatic carbocycles. The molecule has 19 heavy (non-hydrogen) atoms. The summed E-state index contributed by atoms with van der Waals surface area (Å²) in [6.07, 6.45) is 5.76. The van der Waals surface area contributed by atoms with Crippen LogP contribution in [0, 0.1) is 0 Å². The first-order valence-corrected chi connectivity index (χ1v) is 9.67. The van der Waals surface area contributed by atoms with Gasteiger partial charge in [-0.25, -0.2) is 4.79 Å². The van der Waals surface area contributed by atoms with Gasteiger partial charge in [0.25, 0.3) is 0 Å². The maximum atomic E-state index is 12.6. The van der Waals surface area contributed by atoms with Crippen LogP contribution in [0.25, 0.3) is 0 Å². The Bertz CT molecular complexity index is 315. The molecule has 2 aliphatic heterocycles. The number of likely N-dealkylation sites (tertiary alicyclic amines) is 2. The summed E-state index contributed by atoms with van der Waals surface area (Å²) in [4.78, 5) is 16.6. The Balaban J connectivity index is 1.99. The first-order valence-electron chi connectivity index (χ1n) is 7.28. The van der Waals surface area contributed by atoms with Crippen molar-refractivity contribution in [1.82, 2.24) is 9.80 Å². The molecule has 0 bridgehead atoms. The third-order valence-corrected chi connectivity index (χ3v) is 7.99. The van der Waals surface area contributed by atoms with Gasteiger partial charge in [0, 0.05) is 33.9 Å². The summed E-state index contributed by atoms with van der Waals surface area (Å²) >= 11 is 0. The minimum atomic E-state index is -2.24. The Kier molecular flexibility index (Phi) is 4.86. The summed E-state index contributed by atoms with van der Waals surface area (Å²) in [6.45, 7) is 4.69. The van der Waals surface area contributed by atoms with Crippen LogP contribution < -0.4 is 0 Å². The van der Waals surface area contributed by atoms with Crippen LogP contribution in [0.4, 0.5) is 4.79 Å². The Morgan fingerprint density at radius 1 is 1.05 bits per heavy atom. The Hall–Kier alpha value is -0.593. The predicted octanol–water partition coefficient (Wildman–Crippen LogP) is 1.96. The van der Waals surface area contributed by atoms with Crippen LogP contribution in [0.3, 0.4) is 0 Å². The molecule has 0 spiro atoms. The van der Waals surface area contributed by atoms with Crippen LogP contribution in [0.15, 0.2) is 0 Å². The highest BCUT2D eigenvalue weighted by Gasteiger charge is 2.50. The van der Waals surface area contributed by atoms with E-state index in [1.54, 1.807) is 14.2 Å². The standard InChI is InChI=1S/C13H26N2O3Si/c1-17-19(3,18-2)12-8-11-15(12)13(16)14-9-6-4-5-7-10-14/h12H,4-11H2,1-3H3. The van der Waals surface area contributed by atoms with Crippen LogP contribution in [0.2, 0.25) is 6.55 Å². The van der Waals surface area contributed by atoms with Crippen molar-refractivity contribution in [2.45, 2.75) is 44.3 Å². The van der Waals surface area contributed by atoms with E-state index in [1.165, 1.54) is 12.8 Å². The topological polar surface area (TPSA) is 42.0 Å². The van der Waals surface area contributed by atoms with Crippen molar-refractivity contribution in [3.63, 3.8) is 0 Å². The molecular formula is C13H26N2O3Si. The first-order chi connectivity index (χ1) is 9.12. The summed E-state index contributed by atoms with van der Waals surface area (Å²) in [5, 5.41) is 0. The first kappa shape index (κ1) is 14.8. The van der Waals surface area contributed by atoms with Crippen LogP contribution in [-0.2, 0) is 8.85 Å². The summed E-state index contributed by atoms with van der Waals surface area (Å²) in [6, 6.07) is 0.186. The average Bonchev–Trinajstić information content (AvgIpc) is 2.66. The molecule has 2 fully saturated rings. The molecule has 1 atom stereocenters. The second kappa shape index (κ2) is 6.24. The van der Waals surface area contributed by atoms with Crippen molar-refractivity contribution in [2.75, 3.05) is 33.9 Å². The van der Waals surface area contributed by atoms with Gasteiger partial charge in [-0.15, -0.1) is 0 Å². The molecule has 0 radical (unpaired) electrons. The summed E-state index contributed by atoms with van der Waals surface area (Å²) in [7, 11) is 1.16. The molecular weight excluding hydrogens is 260 g/mol. The van der Waals surface area contributed by atoms with Gasteiger partial charge in [-0.2, -0.15) is 0 Å². The van der Waals surface area contributed by atoms with E-state index < -0.39 is 8.56 Å². The summed E-state index contributed by atoms with van der Waals surface area (Å²) in [5.74, 6) is 0. The molecule has 2 aliphatic rings. The van der Waals surface area contributed by atoms with Gasteiger partial charge in [0.2, 0.25) is 0 Å². The molecule has 0 N–H and O–H groups in total. The van der Waals surface area contributed by atoms with E-state index >= 15 is 0 Å². The molecule has 1 unspecified atom stereocenters. The number of carbonyl (C=O) groups is 1. The molecule has 2 saturated heterocycles. The number of carbonyl (C=O) groups excluding carboxylic acids is 1. The molecule has 5 nitrogen and oxygen atoms in total. The van der Waals surface area contributed by atoms with E-state index in [0.717, 1.165) is 38.9 Å². The van der Waals surface area contributed by atoms with Gasteiger partial charge in [0.1, 0.15) is 0 Å². The SMILES string of the molecule is CO[Si](C)(OC)C1CCN1C(=O)N1CCCCCC1. The smallest absolute Gasteiger partial charge is 0.357 e. The molecule has 0 aromatic heterocycles. The van der Waals surface area contributed by atoms with E-state index in [2.05, 4.69) is 0 Å². The molecule has 6 heteroatoms. The zero-order valence-corrected chi connectivity index (χ0v) is 13.4. The van der Waals surface area contributed by atoms with Crippen LogP contribution in [0.5, 0.6) is 0 Å². The fraction of sp³-hybridized carbons (Fsp3) is 0.923. The van der Waals surface area contributed by atoms with E-state index in [-0.39, 0.29) is 11.7 Å². The molecule has 0 aromatic carbocycles. The minimum Gasteiger partial charge on any atom is -0.397 e.